The van der Waals surface area contributed by atoms with E-state index in [9.17, 15) is 4.79 Å². The quantitative estimate of drug-likeness (QED) is 0.345. The Morgan fingerprint density at radius 3 is 2.79 bits per heavy atom. The van der Waals surface area contributed by atoms with E-state index in [4.69, 9.17) is 5.21 Å². The highest BCUT2D eigenvalue weighted by molar-refractivity contribution is 7.14. The summed E-state index contributed by atoms with van der Waals surface area (Å²) in [6.07, 6.45) is 0. The Kier molecular flexibility index (Phi) is 3.52. The van der Waals surface area contributed by atoms with Crippen LogP contribution < -0.4 is 0 Å². The van der Waals surface area contributed by atoms with Gasteiger partial charge in [-0.2, -0.15) is 0 Å². The second kappa shape index (κ2) is 4.66. The van der Waals surface area contributed by atoms with E-state index in [0.29, 0.717) is 5.01 Å². The van der Waals surface area contributed by atoms with Crippen LogP contribution in [0.25, 0.3) is 0 Å². The Morgan fingerprint density at radius 2 is 2.36 bits per heavy atom. The van der Waals surface area contributed by atoms with Crippen molar-refractivity contribution in [2.45, 2.75) is 13.8 Å². The molecule has 1 heterocycles. The molecule has 1 aromatic heterocycles. The molecule has 0 radical (unpaired) electrons. The van der Waals surface area contributed by atoms with Crippen molar-refractivity contribution >= 4 is 23.0 Å². The first-order chi connectivity index (χ1) is 6.69. The van der Waals surface area contributed by atoms with E-state index in [1.165, 1.54) is 0 Å². The average molecular weight is 215 g/mol. The standard InChI is InChI=1S/C7H9N3O3S/c1-3-13-7(11)5(10-12)6-9-8-4(2)14-6/h12H,3H2,1-2H3/b10-5+. The summed E-state index contributed by atoms with van der Waals surface area (Å²) in [6, 6.07) is 0. The summed E-state index contributed by atoms with van der Waals surface area (Å²) in [5, 5.41) is 19.8. The molecule has 0 saturated carbocycles. The molecule has 76 valence electrons. The molecule has 14 heavy (non-hydrogen) atoms. The fourth-order valence-corrected chi connectivity index (χ4v) is 1.43. The van der Waals surface area contributed by atoms with Crippen LogP contribution >= 0.6 is 11.3 Å². The summed E-state index contributed by atoms with van der Waals surface area (Å²) in [7, 11) is 0. The van der Waals surface area contributed by atoms with Gasteiger partial charge < -0.3 is 9.94 Å². The second-order valence-corrected chi connectivity index (χ2v) is 3.48. The zero-order valence-electron chi connectivity index (χ0n) is 7.72. The third-order valence-corrected chi connectivity index (χ3v) is 2.14. The molecule has 0 fully saturated rings. The number of nitrogens with zero attached hydrogens (tertiary/aromatic N) is 3. The van der Waals surface area contributed by atoms with E-state index in [1.807, 2.05) is 0 Å². The van der Waals surface area contributed by atoms with Crippen LogP contribution in [0, 0.1) is 6.92 Å². The first-order valence-corrected chi connectivity index (χ1v) is 4.70. The van der Waals surface area contributed by atoms with Crippen molar-refractivity contribution in [3.8, 4) is 0 Å². The highest BCUT2D eigenvalue weighted by Crippen LogP contribution is 2.10. The van der Waals surface area contributed by atoms with Crippen LogP contribution in [0.3, 0.4) is 0 Å². The summed E-state index contributed by atoms with van der Waals surface area (Å²) >= 11 is 1.16. The monoisotopic (exact) mass is 215 g/mol. The van der Waals surface area contributed by atoms with Crippen molar-refractivity contribution < 1.29 is 14.7 Å². The highest BCUT2D eigenvalue weighted by Gasteiger charge is 2.20. The van der Waals surface area contributed by atoms with Crippen LogP contribution in [-0.4, -0.2) is 33.7 Å². The molecule has 0 saturated heterocycles. The number of ether oxygens (including phenoxy) is 1. The Hall–Kier alpha value is -1.50. The van der Waals surface area contributed by atoms with Gasteiger partial charge in [-0.15, -0.1) is 10.2 Å². The van der Waals surface area contributed by atoms with E-state index in [1.54, 1.807) is 13.8 Å². The number of oxime groups is 1. The number of carbonyl (C=O) groups is 1. The van der Waals surface area contributed by atoms with Gasteiger partial charge >= 0.3 is 5.97 Å². The Bertz CT molecular complexity index is 361. The maximum Gasteiger partial charge on any atom is 0.363 e. The lowest BCUT2D eigenvalue weighted by Gasteiger charge is -1.99. The molecule has 1 N–H and O–H groups in total. The van der Waals surface area contributed by atoms with E-state index >= 15 is 0 Å². The minimum absolute atomic E-state index is 0.211. The fraction of sp³-hybridized carbons (Fsp3) is 0.429. The van der Waals surface area contributed by atoms with Gasteiger partial charge in [0.2, 0.25) is 5.71 Å². The zero-order valence-corrected chi connectivity index (χ0v) is 8.54. The van der Waals surface area contributed by atoms with Crippen molar-refractivity contribution in [3.63, 3.8) is 0 Å². The molecule has 0 atom stereocenters. The SMILES string of the molecule is CCOC(=O)/C(=N/O)c1nnc(C)s1. The predicted octanol–water partition coefficient (Wildman–Crippen LogP) is 0.588. The zero-order chi connectivity index (χ0) is 10.6. The molecule has 0 amide bonds. The van der Waals surface area contributed by atoms with Crippen molar-refractivity contribution in [1.82, 2.24) is 10.2 Å². The maximum atomic E-state index is 11.2. The molecule has 6 nitrogen and oxygen atoms in total. The lowest BCUT2D eigenvalue weighted by atomic mass is 10.4. The van der Waals surface area contributed by atoms with E-state index < -0.39 is 5.97 Å². The molecular formula is C7H9N3O3S. The first kappa shape index (κ1) is 10.6. The van der Waals surface area contributed by atoms with Crippen LogP contribution in [0.1, 0.15) is 16.9 Å². The van der Waals surface area contributed by atoms with Crippen molar-refractivity contribution in [1.29, 1.82) is 0 Å². The molecule has 0 spiro atoms. The van der Waals surface area contributed by atoms with Crippen molar-refractivity contribution in [2.24, 2.45) is 5.16 Å². The number of carbonyl (C=O) groups excluding carboxylic acids is 1. The predicted molar refractivity (Wildman–Crippen MR) is 49.6 cm³/mol. The second-order valence-electron chi connectivity index (χ2n) is 2.30. The maximum absolute atomic E-state index is 11.2. The molecular weight excluding hydrogens is 206 g/mol. The van der Waals surface area contributed by atoms with E-state index in [0.717, 1.165) is 11.3 Å². The third-order valence-electron chi connectivity index (χ3n) is 1.30. The van der Waals surface area contributed by atoms with Gasteiger partial charge in [0.05, 0.1) is 6.61 Å². The molecule has 0 aliphatic rings. The number of hydrogen-bond donors (Lipinski definition) is 1. The molecule has 0 aliphatic heterocycles. The minimum Gasteiger partial charge on any atom is -0.461 e. The van der Waals surface area contributed by atoms with Crippen LogP contribution in [0.15, 0.2) is 5.16 Å². The number of aromatic nitrogens is 2. The highest BCUT2D eigenvalue weighted by atomic mass is 32.1. The van der Waals surface area contributed by atoms with Crippen LogP contribution in [0.5, 0.6) is 0 Å². The lowest BCUT2D eigenvalue weighted by Crippen LogP contribution is -2.18. The van der Waals surface area contributed by atoms with Gasteiger partial charge in [-0.3, -0.25) is 0 Å². The van der Waals surface area contributed by atoms with Gasteiger partial charge in [-0.25, -0.2) is 4.79 Å². The summed E-state index contributed by atoms with van der Waals surface area (Å²) in [5.41, 5.74) is -0.211. The fourth-order valence-electron chi connectivity index (χ4n) is 0.763. The molecule has 0 unspecified atom stereocenters. The van der Waals surface area contributed by atoms with Crippen LogP contribution in [-0.2, 0) is 9.53 Å². The van der Waals surface area contributed by atoms with Crippen molar-refractivity contribution in [3.05, 3.63) is 10.0 Å². The number of esters is 1. The smallest absolute Gasteiger partial charge is 0.363 e. The Balaban J connectivity index is 2.88. The Labute approximate surface area is 84.2 Å². The van der Waals surface area contributed by atoms with Gasteiger partial charge in [0.25, 0.3) is 0 Å². The molecule has 7 heteroatoms. The van der Waals surface area contributed by atoms with Gasteiger partial charge in [0.15, 0.2) is 5.01 Å². The van der Waals surface area contributed by atoms with Gasteiger partial charge in [-0.05, 0) is 13.8 Å². The molecule has 0 aromatic carbocycles. The van der Waals surface area contributed by atoms with Gasteiger partial charge in [0.1, 0.15) is 5.01 Å². The first-order valence-electron chi connectivity index (χ1n) is 3.88. The summed E-state index contributed by atoms with van der Waals surface area (Å²) in [6.45, 7) is 3.62. The minimum atomic E-state index is -0.703. The lowest BCUT2D eigenvalue weighted by molar-refractivity contribution is -0.135. The van der Waals surface area contributed by atoms with Crippen LogP contribution in [0.4, 0.5) is 0 Å². The topological polar surface area (TPSA) is 84.7 Å². The average Bonchev–Trinajstić information content (AvgIpc) is 2.54. The number of hydrogen-bond acceptors (Lipinski definition) is 7. The summed E-state index contributed by atoms with van der Waals surface area (Å²) < 4.78 is 4.67. The molecule has 0 bridgehead atoms. The van der Waals surface area contributed by atoms with E-state index in [2.05, 4.69) is 20.1 Å². The normalized spacial score (nSPS) is 11.4. The molecule has 0 aliphatic carbocycles. The van der Waals surface area contributed by atoms with Crippen LogP contribution in [0.2, 0.25) is 0 Å². The van der Waals surface area contributed by atoms with Gasteiger partial charge in [-0.1, -0.05) is 16.5 Å². The number of aryl methyl sites for hydroxylation is 1. The van der Waals surface area contributed by atoms with Gasteiger partial charge in [0, 0.05) is 0 Å². The Morgan fingerprint density at radius 1 is 1.64 bits per heavy atom. The van der Waals surface area contributed by atoms with E-state index in [-0.39, 0.29) is 17.3 Å². The molecule has 1 aromatic rings. The largest absolute Gasteiger partial charge is 0.461 e. The third kappa shape index (κ3) is 2.25. The number of rotatable bonds is 3. The summed E-state index contributed by atoms with van der Waals surface area (Å²) in [5.74, 6) is -0.703. The van der Waals surface area contributed by atoms with Crippen molar-refractivity contribution in [2.75, 3.05) is 6.61 Å². The molecule has 1 rings (SSSR count). The summed E-state index contributed by atoms with van der Waals surface area (Å²) in [4.78, 5) is 11.2.